The number of rotatable bonds is 2. The van der Waals surface area contributed by atoms with Crippen LogP contribution in [0.15, 0.2) is 18.5 Å². The van der Waals surface area contributed by atoms with Crippen LogP contribution >= 0.6 is 0 Å². The first-order valence-electron chi connectivity index (χ1n) is 5.00. The highest BCUT2D eigenvalue weighted by molar-refractivity contribution is 5.94. The Bertz CT molecular complexity index is 346. The van der Waals surface area contributed by atoms with E-state index in [0.717, 1.165) is 13.0 Å². The lowest BCUT2D eigenvalue weighted by Gasteiger charge is -2.20. The molecular formula is C10H14N4O. The minimum Gasteiger partial charge on any atom is -0.316 e. The van der Waals surface area contributed by atoms with E-state index in [9.17, 15) is 4.79 Å². The van der Waals surface area contributed by atoms with Gasteiger partial charge in [0.15, 0.2) is 0 Å². The molecule has 2 rings (SSSR count). The SMILES string of the molecule is CC1(C(=O)Nc2ncccn2)CCNC1. The van der Waals surface area contributed by atoms with Gasteiger partial charge in [0.25, 0.3) is 0 Å². The van der Waals surface area contributed by atoms with E-state index in [0.29, 0.717) is 12.5 Å². The van der Waals surface area contributed by atoms with E-state index in [1.807, 2.05) is 6.92 Å². The highest BCUT2D eigenvalue weighted by Crippen LogP contribution is 2.25. The first kappa shape index (κ1) is 10.0. The Morgan fingerprint density at radius 3 is 2.87 bits per heavy atom. The number of carbonyl (C=O) groups is 1. The average molecular weight is 206 g/mol. The molecule has 1 aromatic rings. The maximum Gasteiger partial charge on any atom is 0.234 e. The van der Waals surface area contributed by atoms with Crippen molar-refractivity contribution in [3.63, 3.8) is 0 Å². The molecule has 1 saturated heterocycles. The number of nitrogens with one attached hydrogen (secondary N) is 2. The third-order valence-electron chi connectivity index (χ3n) is 2.71. The van der Waals surface area contributed by atoms with E-state index in [4.69, 9.17) is 0 Å². The number of hydrogen-bond donors (Lipinski definition) is 2. The maximum absolute atomic E-state index is 11.9. The second-order valence-corrected chi connectivity index (χ2v) is 4.01. The second kappa shape index (κ2) is 3.94. The molecular weight excluding hydrogens is 192 g/mol. The van der Waals surface area contributed by atoms with Crippen LogP contribution in [0.1, 0.15) is 13.3 Å². The molecule has 0 saturated carbocycles. The number of amides is 1. The van der Waals surface area contributed by atoms with Crippen LogP contribution in [-0.2, 0) is 4.79 Å². The number of carbonyl (C=O) groups excluding carboxylic acids is 1. The number of aromatic nitrogens is 2. The van der Waals surface area contributed by atoms with E-state index in [1.165, 1.54) is 0 Å². The van der Waals surface area contributed by atoms with Crippen molar-refractivity contribution in [1.29, 1.82) is 0 Å². The molecule has 1 aliphatic rings. The van der Waals surface area contributed by atoms with Crippen LogP contribution in [0, 0.1) is 5.41 Å². The van der Waals surface area contributed by atoms with Gasteiger partial charge in [-0.3, -0.25) is 10.1 Å². The average Bonchev–Trinajstić information content (AvgIpc) is 2.68. The zero-order valence-electron chi connectivity index (χ0n) is 8.66. The van der Waals surface area contributed by atoms with E-state index < -0.39 is 0 Å². The van der Waals surface area contributed by atoms with Crippen LogP contribution in [-0.4, -0.2) is 29.0 Å². The van der Waals surface area contributed by atoms with Crippen LogP contribution in [0.2, 0.25) is 0 Å². The summed E-state index contributed by atoms with van der Waals surface area (Å²) in [4.78, 5) is 19.8. The van der Waals surface area contributed by atoms with Crippen molar-refractivity contribution in [3.8, 4) is 0 Å². The molecule has 1 amide bonds. The van der Waals surface area contributed by atoms with E-state index in [-0.39, 0.29) is 11.3 Å². The fraction of sp³-hybridized carbons (Fsp3) is 0.500. The van der Waals surface area contributed by atoms with Gasteiger partial charge in [-0.1, -0.05) is 0 Å². The summed E-state index contributed by atoms with van der Waals surface area (Å²) in [7, 11) is 0. The predicted molar refractivity (Wildman–Crippen MR) is 56.3 cm³/mol. The Morgan fingerprint density at radius 1 is 1.53 bits per heavy atom. The summed E-state index contributed by atoms with van der Waals surface area (Å²) < 4.78 is 0. The molecule has 2 N–H and O–H groups in total. The molecule has 5 nitrogen and oxygen atoms in total. The Balaban J connectivity index is 2.04. The van der Waals surface area contributed by atoms with Crippen molar-refractivity contribution in [2.24, 2.45) is 5.41 Å². The molecule has 0 spiro atoms. The standard InChI is InChI=1S/C10H14N4O/c1-10(3-6-11-7-10)8(15)14-9-12-4-2-5-13-9/h2,4-5,11H,3,6-7H2,1H3,(H,12,13,14,15). The van der Waals surface area contributed by atoms with E-state index >= 15 is 0 Å². The lowest BCUT2D eigenvalue weighted by atomic mass is 9.89. The van der Waals surface area contributed by atoms with Gasteiger partial charge in [-0.05, 0) is 26.0 Å². The summed E-state index contributed by atoms with van der Waals surface area (Å²) in [6, 6.07) is 1.72. The minimum absolute atomic E-state index is 0.0151. The van der Waals surface area contributed by atoms with Gasteiger partial charge in [0.1, 0.15) is 0 Å². The summed E-state index contributed by atoms with van der Waals surface area (Å²) >= 11 is 0. The largest absolute Gasteiger partial charge is 0.316 e. The highest BCUT2D eigenvalue weighted by Gasteiger charge is 2.36. The Kier molecular flexibility index (Phi) is 2.64. The monoisotopic (exact) mass is 206 g/mol. The molecule has 0 bridgehead atoms. The fourth-order valence-electron chi connectivity index (χ4n) is 1.63. The van der Waals surface area contributed by atoms with Gasteiger partial charge in [0, 0.05) is 18.9 Å². The molecule has 1 unspecified atom stereocenters. The van der Waals surface area contributed by atoms with Gasteiger partial charge in [0.05, 0.1) is 5.41 Å². The third-order valence-corrected chi connectivity index (χ3v) is 2.71. The van der Waals surface area contributed by atoms with Crippen molar-refractivity contribution in [2.75, 3.05) is 18.4 Å². The quantitative estimate of drug-likeness (QED) is 0.735. The third kappa shape index (κ3) is 2.12. The summed E-state index contributed by atoms with van der Waals surface area (Å²) in [5.74, 6) is 0.356. The van der Waals surface area contributed by atoms with Crippen LogP contribution in [0.5, 0.6) is 0 Å². The molecule has 1 aromatic heterocycles. The molecule has 1 atom stereocenters. The molecule has 15 heavy (non-hydrogen) atoms. The Hall–Kier alpha value is -1.49. The van der Waals surface area contributed by atoms with Gasteiger partial charge in [-0.15, -0.1) is 0 Å². The smallest absolute Gasteiger partial charge is 0.234 e. The Labute approximate surface area is 88.3 Å². The van der Waals surface area contributed by atoms with Crippen molar-refractivity contribution in [1.82, 2.24) is 15.3 Å². The summed E-state index contributed by atoms with van der Waals surface area (Å²) in [5, 5.41) is 5.90. The summed E-state index contributed by atoms with van der Waals surface area (Å²) in [6.45, 7) is 3.55. The first-order chi connectivity index (χ1) is 7.21. The van der Waals surface area contributed by atoms with Gasteiger partial charge >= 0.3 is 0 Å². The van der Waals surface area contributed by atoms with Gasteiger partial charge in [0.2, 0.25) is 11.9 Å². The molecule has 2 heterocycles. The van der Waals surface area contributed by atoms with Gasteiger partial charge in [-0.25, -0.2) is 9.97 Å². The van der Waals surface area contributed by atoms with Crippen LogP contribution in [0.3, 0.4) is 0 Å². The summed E-state index contributed by atoms with van der Waals surface area (Å²) in [5.41, 5.74) is -0.334. The van der Waals surface area contributed by atoms with Gasteiger partial charge < -0.3 is 5.32 Å². The zero-order chi connectivity index (χ0) is 10.7. The molecule has 0 aliphatic carbocycles. The van der Waals surface area contributed by atoms with E-state index in [1.54, 1.807) is 18.5 Å². The highest BCUT2D eigenvalue weighted by atomic mass is 16.2. The molecule has 0 aromatic carbocycles. The molecule has 80 valence electrons. The zero-order valence-corrected chi connectivity index (χ0v) is 8.66. The maximum atomic E-state index is 11.9. The Morgan fingerprint density at radius 2 is 2.27 bits per heavy atom. The number of anilines is 1. The summed E-state index contributed by atoms with van der Waals surface area (Å²) in [6.07, 6.45) is 4.07. The lowest BCUT2D eigenvalue weighted by Crippen LogP contribution is -2.35. The molecule has 0 radical (unpaired) electrons. The molecule has 1 fully saturated rings. The normalized spacial score (nSPS) is 25.1. The molecule has 1 aliphatic heterocycles. The van der Waals surface area contributed by atoms with Gasteiger partial charge in [-0.2, -0.15) is 0 Å². The van der Waals surface area contributed by atoms with Crippen molar-refractivity contribution in [3.05, 3.63) is 18.5 Å². The predicted octanol–water partition coefficient (Wildman–Crippen LogP) is 0.415. The van der Waals surface area contributed by atoms with Crippen LogP contribution < -0.4 is 10.6 Å². The van der Waals surface area contributed by atoms with Crippen molar-refractivity contribution in [2.45, 2.75) is 13.3 Å². The second-order valence-electron chi connectivity index (χ2n) is 4.01. The van der Waals surface area contributed by atoms with Crippen LogP contribution in [0.4, 0.5) is 5.95 Å². The van der Waals surface area contributed by atoms with Crippen LogP contribution in [0.25, 0.3) is 0 Å². The number of nitrogens with zero attached hydrogens (tertiary/aromatic N) is 2. The lowest BCUT2D eigenvalue weighted by molar-refractivity contribution is -0.123. The number of hydrogen-bond acceptors (Lipinski definition) is 4. The minimum atomic E-state index is -0.334. The first-order valence-corrected chi connectivity index (χ1v) is 5.00. The topological polar surface area (TPSA) is 66.9 Å². The van der Waals surface area contributed by atoms with Crippen molar-refractivity contribution < 1.29 is 4.79 Å². The van der Waals surface area contributed by atoms with Crippen molar-refractivity contribution >= 4 is 11.9 Å². The van der Waals surface area contributed by atoms with E-state index in [2.05, 4.69) is 20.6 Å². The molecule has 5 heteroatoms. The fourth-order valence-corrected chi connectivity index (χ4v) is 1.63.